The molecule has 2 amide bonds. The van der Waals surface area contributed by atoms with Crippen molar-refractivity contribution in [2.24, 2.45) is 0 Å². The highest BCUT2D eigenvalue weighted by Crippen LogP contribution is 2.18. The van der Waals surface area contributed by atoms with E-state index >= 15 is 0 Å². The third kappa shape index (κ3) is 4.46. The van der Waals surface area contributed by atoms with Crippen molar-refractivity contribution in [1.82, 2.24) is 14.9 Å². The van der Waals surface area contributed by atoms with E-state index in [0.717, 1.165) is 5.56 Å². The Hall–Kier alpha value is -3.74. The van der Waals surface area contributed by atoms with Crippen molar-refractivity contribution in [1.29, 1.82) is 0 Å². The van der Waals surface area contributed by atoms with Crippen LogP contribution < -0.4 is 10.6 Å². The van der Waals surface area contributed by atoms with Gasteiger partial charge in [-0.05, 0) is 42.0 Å². The van der Waals surface area contributed by atoms with Crippen molar-refractivity contribution in [2.75, 3.05) is 12.4 Å². The number of amides is 2. The molecule has 0 aliphatic rings. The minimum absolute atomic E-state index is 0.176. The molecule has 3 rings (SSSR count). The van der Waals surface area contributed by atoms with Gasteiger partial charge in [0.05, 0.1) is 12.0 Å². The maximum absolute atomic E-state index is 14.2. The molecule has 0 saturated heterocycles. The highest BCUT2D eigenvalue weighted by molar-refractivity contribution is 6.02. The maximum Gasteiger partial charge on any atom is 0.251 e. The topological polar surface area (TPSA) is 76.0 Å². The van der Waals surface area contributed by atoms with Gasteiger partial charge in [-0.1, -0.05) is 12.1 Å². The largest absolute Gasteiger partial charge is 0.355 e. The smallest absolute Gasteiger partial charge is 0.251 e. The van der Waals surface area contributed by atoms with E-state index in [1.165, 1.54) is 18.5 Å². The molecular formula is C20H17FN4O2. The summed E-state index contributed by atoms with van der Waals surface area (Å²) in [6.45, 7) is 0. The second-order valence-corrected chi connectivity index (χ2v) is 5.66. The van der Waals surface area contributed by atoms with Gasteiger partial charge in [-0.2, -0.15) is 0 Å². The number of nitrogens with zero attached hydrogens (tertiary/aromatic N) is 2. The fourth-order valence-electron chi connectivity index (χ4n) is 2.44. The van der Waals surface area contributed by atoms with E-state index in [2.05, 4.69) is 15.6 Å². The number of hydrogen-bond donors (Lipinski definition) is 2. The van der Waals surface area contributed by atoms with E-state index in [4.69, 9.17) is 0 Å². The van der Waals surface area contributed by atoms with Crippen LogP contribution in [0.1, 0.15) is 15.9 Å². The number of carbonyl (C=O) groups is 2. The molecule has 0 saturated carbocycles. The number of halogens is 1. The lowest BCUT2D eigenvalue weighted by atomic mass is 10.1. The average Bonchev–Trinajstić information content (AvgIpc) is 3.20. The molecule has 0 radical (unpaired) electrons. The van der Waals surface area contributed by atoms with E-state index in [0.29, 0.717) is 16.9 Å². The van der Waals surface area contributed by atoms with E-state index in [1.54, 1.807) is 66.5 Å². The normalized spacial score (nSPS) is 10.7. The van der Waals surface area contributed by atoms with Crippen LogP contribution in [0.15, 0.2) is 67.3 Å². The number of hydrogen-bond acceptors (Lipinski definition) is 3. The Labute approximate surface area is 155 Å². The molecule has 0 atom stereocenters. The van der Waals surface area contributed by atoms with Gasteiger partial charge in [0, 0.05) is 36.8 Å². The molecule has 136 valence electrons. The van der Waals surface area contributed by atoms with Crippen LogP contribution in [0.25, 0.3) is 11.8 Å². The van der Waals surface area contributed by atoms with E-state index in [9.17, 15) is 14.0 Å². The summed E-state index contributed by atoms with van der Waals surface area (Å²) in [5, 5.41) is 5.15. The van der Waals surface area contributed by atoms with Crippen LogP contribution in [0.3, 0.4) is 0 Å². The van der Waals surface area contributed by atoms with Crippen molar-refractivity contribution in [3.05, 3.63) is 84.2 Å². The molecule has 0 spiro atoms. The van der Waals surface area contributed by atoms with E-state index in [1.807, 2.05) is 0 Å². The summed E-state index contributed by atoms with van der Waals surface area (Å²) in [4.78, 5) is 27.4. The van der Waals surface area contributed by atoms with Gasteiger partial charge >= 0.3 is 0 Å². The number of rotatable bonds is 5. The number of carbonyl (C=O) groups excluding carboxylic acids is 2. The quantitative estimate of drug-likeness (QED) is 0.684. The molecule has 2 aromatic carbocycles. The minimum Gasteiger partial charge on any atom is -0.355 e. The Balaban J connectivity index is 1.64. The Morgan fingerprint density at radius 3 is 2.56 bits per heavy atom. The number of anilines is 1. The molecule has 0 bridgehead atoms. The molecule has 2 N–H and O–H groups in total. The predicted octanol–water partition coefficient (Wildman–Crippen LogP) is 3.02. The lowest BCUT2D eigenvalue weighted by Gasteiger charge is -2.07. The van der Waals surface area contributed by atoms with Crippen LogP contribution in [0.5, 0.6) is 0 Å². The summed E-state index contributed by atoms with van der Waals surface area (Å²) in [5.41, 5.74) is 1.99. The Morgan fingerprint density at radius 1 is 1.15 bits per heavy atom. The Kier molecular flexibility index (Phi) is 5.41. The summed E-state index contributed by atoms with van der Waals surface area (Å²) < 4.78 is 15.7. The Bertz CT molecular complexity index is 980. The van der Waals surface area contributed by atoms with Crippen LogP contribution in [0, 0.1) is 5.82 Å². The summed E-state index contributed by atoms with van der Waals surface area (Å²) in [6.07, 6.45) is 7.64. The Morgan fingerprint density at radius 2 is 1.93 bits per heavy atom. The molecule has 6 nitrogen and oxygen atoms in total. The van der Waals surface area contributed by atoms with E-state index in [-0.39, 0.29) is 11.8 Å². The molecule has 0 fully saturated rings. The van der Waals surface area contributed by atoms with Gasteiger partial charge in [0.15, 0.2) is 0 Å². The minimum atomic E-state index is -0.473. The van der Waals surface area contributed by atoms with Crippen molar-refractivity contribution in [3.63, 3.8) is 0 Å². The first-order chi connectivity index (χ1) is 13.1. The molecular weight excluding hydrogens is 347 g/mol. The van der Waals surface area contributed by atoms with Crippen LogP contribution in [-0.4, -0.2) is 28.4 Å². The first-order valence-corrected chi connectivity index (χ1v) is 8.16. The van der Waals surface area contributed by atoms with Crippen LogP contribution >= 0.6 is 0 Å². The lowest BCUT2D eigenvalue weighted by Crippen LogP contribution is -2.17. The number of benzene rings is 2. The van der Waals surface area contributed by atoms with Gasteiger partial charge < -0.3 is 15.2 Å². The first kappa shape index (κ1) is 18.1. The van der Waals surface area contributed by atoms with Crippen LogP contribution in [0.2, 0.25) is 0 Å². The molecule has 7 heteroatoms. The van der Waals surface area contributed by atoms with E-state index < -0.39 is 5.82 Å². The molecule has 1 heterocycles. The average molecular weight is 364 g/mol. The summed E-state index contributed by atoms with van der Waals surface area (Å²) in [6, 6.07) is 11.2. The van der Waals surface area contributed by atoms with Gasteiger partial charge in [-0.3, -0.25) is 9.59 Å². The third-order valence-corrected chi connectivity index (χ3v) is 3.82. The molecule has 0 unspecified atom stereocenters. The number of nitrogens with one attached hydrogen (secondary N) is 2. The standard InChI is InChI=1S/C20H17FN4O2/c1-22-20(27)15-5-2-14(3-6-15)4-9-19(26)24-16-7-8-18(17(21)12-16)25-11-10-23-13-25/h2-13H,1H3,(H,22,27)(H,24,26). The zero-order valence-corrected chi connectivity index (χ0v) is 14.5. The lowest BCUT2D eigenvalue weighted by molar-refractivity contribution is -0.111. The molecule has 27 heavy (non-hydrogen) atoms. The highest BCUT2D eigenvalue weighted by Gasteiger charge is 2.07. The second-order valence-electron chi connectivity index (χ2n) is 5.66. The molecule has 0 aliphatic heterocycles. The monoisotopic (exact) mass is 364 g/mol. The number of aromatic nitrogens is 2. The third-order valence-electron chi connectivity index (χ3n) is 3.82. The zero-order valence-electron chi connectivity index (χ0n) is 14.5. The summed E-state index contributed by atoms with van der Waals surface area (Å²) in [5.74, 6) is -1.04. The van der Waals surface area contributed by atoms with Crippen molar-refractivity contribution in [2.45, 2.75) is 0 Å². The van der Waals surface area contributed by atoms with Gasteiger partial charge in [0.2, 0.25) is 5.91 Å². The summed E-state index contributed by atoms with van der Waals surface area (Å²) >= 11 is 0. The van der Waals surface area contributed by atoms with Crippen molar-refractivity contribution < 1.29 is 14.0 Å². The van der Waals surface area contributed by atoms with Gasteiger partial charge in [-0.25, -0.2) is 9.37 Å². The SMILES string of the molecule is CNC(=O)c1ccc(C=CC(=O)Nc2ccc(-n3ccnc3)c(F)c2)cc1. The van der Waals surface area contributed by atoms with Crippen LogP contribution in [0.4, 0.5) is 10.1 Å². The fraction of sp³-hybridized carbons (Fsp3) is 0.0500. The molecule has 0 aliphatic carbocycles. The van der Waals surface area contributed by atoms with Gasteiger partial charge in [-0.15, -0.1) is 0 Å². The fourth-order valence-corrected chi connectivity index (χ4v) is 2.44. The second kappa shape index (κ2) is 8.09. The van der Waals surface area contributed by atoms with Crippen LogP contribution in [-0.2, 0) is 4.79 Å². The van der Waals surface area contributed by atoms with Crippen molar-refractivity contribution >= 4 is 23.6 Å². The van der Waals surface area contributed by atoms with Gasteiger partial charge in [0.25, 0.3) is 5.91 Å². The maximum atomic E-state index is 14.2. The summed E-state index contributed by atoms with van der Waals surface area (Å²) in [7, 11) is 1.56. The highest BCUT2D eigenvalue weighted by atomic mass is 19.1. The molecule has 1 aromatic heterocycles. The first-order valence-electron chi connectivity index (χ1n) is 8.16. The zero-order chi connectivity index (χ0) is 19.2. The number of imidazole rings is 1. The van der Waals surface area contributed by atoms with Gasteiger partial charge in [0.1, 0.15) is 5.82 Å². The predicted molar refractivity (Wildman–Crippen MR) is 101 cm³/mol. The molecule has 3 aromatic rings. The van der Waals surface area contributed by atoms with Crippen molar-refractivity contribution in [3.8, 4) is 5.69 Å².